The Kier molecular flexibility index (Phi) is 5.42. The van der Waals surface area contributed by atoms with Crippen LogP contribution in [0, 0.1) is 22.0 Å². The molecule has 1 saturated carbocycles. The molecule has 0 aromatic heterocycles. The van der Waals surface area contributed by atoms with E-state index in [4.69, 9.17) is 4.74 Å². The molecule has 1 aromatic carbocycles. The Labute approximate surface area is 125 Å². The van der Waals surface area contributed by atoms with Gasteiger partial charge >= 0.3 is 5.69 Å². The Morgan fingerprint density at radius 3 is 2.86 bits per heavy atom. The molecule has 0 aliphatic heterocycles. The highest BCUT2D eigenvalue weighted by molar-refractivity contribution is 5.68. The van der Waals surface area contributed by atoms with Crippen molar-refractivity contribution in [2.45, 2.75) is 39.5 Å². The van der Waals surface area contributed by atoms with Crippen molar-refractivity contribution in [3.8, 4) is 5.75 Å². The molecular formula is C16H24N2O3. The summed E-state index contributed by atoms with van der Waals surface area (Å²) in [6.45, 7) is 5.53. The molecule has 116 valence electrons. The van der Waals surface area contributed by atoms with Crippen LogP contribution in [0.2, 0.25) is 0 Å². The lowest BCUT2D eigenvalue weighted by molar-refractivity contribution is -0.385. The maximum absolute atomic E-state index is 11.3. The van der Waals surface area contributed by atoms with E-state index in [1.807, 2.05) is 6.92 Å². The van der Waals surface area contributed by atoms with Crippen LogP contribution in [-0.4, -0.2) is 18.1 Å². The third-order valence-electron chi connectivity index (χ3n) is 4.03. The first-order valence-corrected chi connectivity index (χ1v) is 7.75. The van der Waals surface area contributed by atoms with Crippen molar-refractivity contribution < 1.29 is 9.66 Å². The minimum absolute atomic E-state index is 0.0528. The molecule has 0 amide bonds. The summed E-state index contributed by atoms with van der Waals surface area (Å²) >= 11 is 0. The Bertz CT molecular complexity index is 490. The Morgan fingerprint density at radius 2 is 2.24 bits per heavy atom. The highest BCUT2D eigenvalue weighted by Gasteiger charge is 2.24. The van der Waals surface area contributed by atoms with E-state index in [1.54, 1.807) is 18.2 Å². The van der Waals surface area contributed by atoms with Crippen LogP contribution in [0.5, 0.6) is 5.75 Å². The van der Waals surface area contributed by atoms with E-state index in [0.717, 1.165) is 18.9 Å². The maximum Gasteiger partial charge on any atom is 0.333 e. The molecule has 5 nitrogen and oxygen atoms in total. The monoisotopic (exact) mass is 292 g/mol. The number of anilines is 1. The second-order valence-electron chi connectivity index (χ2n) is 5.92. The summed E-state index contributed by atoms with van der Waals surface area (Å²) in [5.41, 5.74) is 0.616. The van der Waals surface area contributed by atoms with Crippen molar-refractivity contribution in [1.29, 1.82) is 0 Å². The van der Waals surface area contributed by atoms with Gasteiger partial charge in [-0.05, 0) is 43.2 Å². The number of ether oxygens (including phenoxy) is 1. The zero-order valence-electron chi connectivity index (χ0n) is 12.8. The van der Waals surface area contributed by atoms with Crippen LogP contribution in [0.15, 0.2) is 18.2 Å². The van der Waals surface area contributed by atoms with Crippen LogP contribution in [0.25, 0.3) is 0 Å². The van der Waals surface area contributed by atoms with Crippen LogP contribution < -0.4 is 10.1 Å². The molecule has 1 N–H and O–H groups in total. The second-order valence-corrected chi connectivity index (χ2v) is 5.92. The third kappa shape index (κ3) is 4.09. The Balaban J connectivity index is 2.08. The van der Waals surface area contributed by atoms with Crippen LogP contribution in [-0.2, 0) is 0 Å². The number of hydrogen-bond acceptors (Lipinski definition) is 4. The Morgan fingerprint density at radius 1 is 1.43 bits per heavy atom. The summed E-state index contributed by atoms with van der Waals surface area (Å²) in [5.74, 6) is 1.73. The molecule has 2 atom stereocenters. The molecule has 1 aromatic rings. The predicted octanol–water partition coefficient (Wildman–Crippen LogP) is 4.23. The van der Waals surface area contributed by atoms with Gasteiger partial charge in [0.1, 0.15) is 5.69 Å². The lowest BCUT2D eigenvalue weighted by Gasteiger charge is -2.14. The summed E-state index contributed by atoms with van der Waals surface area (Å²) < 4.78 is 5.50. The van der Waals surface area contributed by atoms with Gasteiger partial charge in [0.25, 0.3) is 0 Å². The van der Waals surface area contributed by atoms with Gasteiger partial charge in [-0.3, -0.25) is 10.1 Å². The fraction of sp³-hybridized carbons (Fsp3) is 0.625. The first-order valence-electron chi connectivity index (χ1n) is 7.75. The number of hydrogen-bond donors (Lipinski definition) is 1. The fourth-order valence-corrected chi connectivity index (χ4v) is 2.95. The van der Waals surface area contributed by atoms with E-state index in [1.165, 1.54) is 19.3 Å². The average molecular weight is 292 g/mol. The normalized spacial score (nSPS) is 21.2. The van der Waals surface area contributed by atoms with Crippen LogP contribution in [0.1, 0.15) is 39.5 Å². The largest absolute Gasteiger partial charge is 0.487 e. The lowest BCUT2D eigenvalue weighted by Crippen LogP contribution is -2.13. The topological polar surface area (TPSA) is 64.4 Å². The quantitative estimate of drug-likeness (QED) is 0.603. The minimum Gasteiger partial charge on any atom is -0.487 e. The summed E-state index contributed by atoms with van der Waals surface area (Å²) in [5, 5.41) is 14.6. The molecule has 0 bridgehead atoms. The summed E-state index contributed by atoms with van der Waals surface area (Å²) in [4.78, 5) is 11.0. The van der Waals surface area contributed by atoms with Gasteiger partial charge < -0.3 is 10.1 Å². The van der Waals surface area contributed by atoms with Gasteiger partial charge in [0, 0.05) is 6.54 Å². The van der Waals surface area contributed by atoms with Gasteiger partial charge in [-0.25, -0.2) is 0 Å². The first kappa shape index (κ1) is 15.6. The molecule has 1 aliphatic rings. The molecule has 2 rings (SSSR count). The highest BCUT2D eigenvalue weighted by atomic mass is 16.6. The maximum atomic E-state index is 11.3. The second kappa shape index (κ2) is 7.29. The van der Waals surface area contributed by atoms with Crippen molar-refractivity contribution in [3.63, 3.8) is 0 Å². The van der Waals surface area contributed by atoms with Crippen molar-refractivity contribution in [2.75, 3.05) is 18.5 Å². The zero-order chi connectivity index (χ0) is 15.2. The van der Waals surface area contributed by atoms with Gasteiger partial charge in [-0.1, -0.05) is 26.3 Å². The minimum atomic E-state index is -0.357. The molecule has 1 fully saturated rings. The lowest BCUT2D eigenvalue weighted by atomic mass is 10.1. The van der Waals surface area contributed by atoms with Crippen molar-refractivity contribution in [3.05, 3.63) is 28.3 Å². The van der Waals surface area contributed by atoms with E-state index < -0.39 is 0 Å². The van der Waals surface area contributed by atoms with Gasteiger partial charge in [0.2, 0.25) is 0 Å². The van der Waals surface area contributed by atoms with Gasteiger partial charge in [-0.15, -0.1) is 0 Å². The van der Waals surface area contributed by atoms with Gasteiger partial charge in [0.05, 0.1) is 11.5 Å². The van der Waals surface area contributed by atoms with E-state index in [0.29, 0.717) is 24.0 Å². The summed E-state index contributed by atoms with van der Waals surface area (Å²) in [7, 11) is 0. The summed E-state index contributed by atoms with van der Waals surface area (Å²) in [6.07, 6.45) is 4.49. The first-order chi connectivity index (χ1) is 10.1. The number of nitrogens with zero attached hydrogens (tertiary/aromatic N) is 1. The zero-order valence-corrected chi connectivity index (χ0v) is 12.8. The molecule has 0 heterocycles. The van der Waals surface area contributed by atoms with Gasteiger partial charge in [0.15, 0.2) is 5.75 Å². The van der Waals surface area contributed by atoms with Crippen LogP contribution >= 0.6 is 0 Å². The van der Waals surface area contributed by atoms with E-state index >= 15 is 0 Å². The van der Waals surface area contributed by atoms with Gasteiger partial charge in [-0.2, -0.15) is 0 Å². The number of rotatable bonds is 7. The molecule has 1 aliphatic carbocycles. The molecule has 0 spiro atoms. The smallest absolute Gasteiger partial charge is 0.333 e. The number of para-hydroxylation sites is 1. The fourth-order valence-electron chi connectivity index (χ4n) is 2.95. The number of nitro groups is 1. The molecule has 0 radical (unpaired) electrons. The number of nitro benzene ring substituents is 1. The van der Waals surface area contributed by atoms with Crippen molar-refractivity contribution in [1.82, 2.24) is 0 Å². The predicted molar refractivity (Wildman–Crippen MR) is 83.9 cm³/mol. The van der Waals surface area contributed by atoms with E-state index in [-0.39, 0.29) is 10.6 Å². The summed E-state index contributed by atoms with van der Waals surface area (Å²) in [6, 6.07) is 5.23. The Hall–Kier alpha value is -1.78. The van der Waals surface area contributed by atoms with Crippen molar-refractivity contribution >= 4 is 11.4 Å². The highest BCUT2D eigenvalue weighted by Crippen LogP contribution is 2.36. The average Bonchev–Trinajstić information content (AvgIpc) is 2.88. The standard InChI is InChI=1S/C16H24N2O3/c1-3-9-21-15-6-4-5-14(16(15)18(19)20)17-11-13-8-7-12(2)10-13/h4-6,12-13,17H,3,7-11H2,1-2H3. The van der Waals surface area contributed by atoms with Crippen LogP contribution in [0.3, 0.4) is 0 Å². The third-order valence-corrected chi connectivity index (χ3v) is 4.03. The van der Waals surface area contributed by atoms with E-state index in [9.17, 15) is 10.1 Å². The molecular weight excluding hydrogens is 268 g/mol. The number of nitrogens with one attached hydrogen (secondary N) is 1. The van der Waals surface area contributed by atoms with Crippen molar-refractivity contribution in [2.24, 2.45) is 11.8 Å². The number of benzene rings is 1. The molecule has 21 heavy (non-hydrogen) atoms. The van der Waals surface area contributed by atoms with Crippen LogP contribution in [0.4, 0.5) is 11.4 Å². The molecule has 0 saturated heterocycles. The van der Waals surface area contributed by atoms with E-state index in [2.05, 4.69) is 12.2 Å². The SMILES string of the molecule is CCCOc1cccc(NCC2CCC(C)C2)c1[N+](=O)[O-]. The molecule has 2 unspecified atom stereocenters. The molecule has 5 heteroatoms.